The summed E-state index contributed by atoms with van der Waals surface area (Å²) in [5, 5.41) is -0.551. The molecule has 3 rings (SSSR count). The Balaban J connectivity index is 2.00. The molecule has 30 heavy (non-hydrogen) atoms. The first-order valence-electron chi connectivity index (χ1n) is 9.43. The zero-order valence-corrected chi connectivity index (χ0v) is 18.8. The maximum absolute atomic E-state index is 13.4. The molecule has 162 valence electrons. The molecule has 1 aromatic carbocycles. The van der Waals surface area contributed by atoms with E-state index in [9.17, 15) is 21.6 Å². The van der Waals surface area contributed by atoms with Crippen LogP contribution in [0.4, 0.5) is 0 Å². The lowest BCUT2D eigenvalue weighted by Gasteiger charge is -2.28. The van der Waals surface area contributed by atoms with Gasteiger partial charge in [0.25, 0.3) is 5.91 Å². The molecule has 8 nitrogen and oxygen atoms in total. The number of aromatic nitrogens is 2. The van der Waals surface area contributed by atoms with Crippen LogP contribution < -0.4 is 0 Å². The van der Waals surface area contributed by atoms with Crippen LogP contribution in [0.2, 0.25) is 5.02 Å². The fourth-order valence-electron chi connectivity index (χ4n) is 3.31. The Morgan fingerprint density at radius 1 is 1.27 bits per heavy atom. The fraction of sp³-hybridized carbons (Fsp3) is 0.421. The summed E-state index contributed by atoms with van der Waals surface area (Å²) in [4.78, 5) is 22.5. The third-order valence-corrected chi connectivity index (χ3v) is 8.51. The highest BCUT2D eigenvalue weighted by Crippen LogP contribution is 2.25. The smallest absolute Gasteiger partial charge is 0.274 e. The summed E-state index contributed by atoms with van der Waals surface area (Å²) in [5.41, 5.74) is 0.556. The Hall–Kier alpha value is -2.04. The van der Waals surface area contributed by atoms with Gasteiger partial charge in [-0.1, -0.05) is 48.9 Å². The van der Waals surface area contributed by atoms with Gasteiger partial charge in [0.15, 0.2) is 15.5 Å². The molecule has 1 amide bonds. The molecule has 1 aromatic heterocycles. The van der Waals surface area contributed by atoms with E-state index in [1.807, 2.05) is 30.3 Å². The molecule has 11 heteroatoms. The zero-order valence-electron chi connectivity index (χ0n) is 16.4. The molecule has 0 N–H and O–H groups in total. The Bertz CT molecular complexity index is 1140. The van der Waals surface area contributed by atoms with E-state index in [0.29, 0.717) is 12.8 Å². The van der Waals surface area contributed by atoms with Crippen LogP contribution in [0.1, 0.15) is 35.8 Å². The third kappa shape index (κ3) is 5.16. The Morgan fingerprint density at radius 2 is 1.97 bits per heavy atom. The van der Waals surface area contributed by atoms with Gasteiger partial charge >= 0.3 is 0 Å². The first-order chi connectivity index (χ1) is 14.1. The molecule has 0 bridgehead atoms. The van der Waals surface area contributed by atoms with E-state index >= 15 is 0 Å². The van der Waals surface area contributed by atoms with Crippen LogP contribution in [0.15, 0.2) is 41.7 Å². The predicted octanol–water partition coefficient (Wildman–Crippen LogP) is 2.14. The largest absolute Gasteiger partial charge is 0.329 e. The molecular formula is C19H22ClN3O5S2. The van der Waals surface area contributed by atoms with Crippen molar-refractivity contribution in [3.8, 4) is 0 Å². The number of hydrogen-bond donors (Lipinski definition) is 0. The predicted molar refractivity (Wildman–Crippen MR) is 113 cm³/mol. The zero-order chi connectivity index (χ0) is 21.9. The molecule has 1 atom stereocenters. The normalized spacial score (nSPS) is 18.3. The maximum atomic E-state index is 13.4. The molecule has 0 saturated carbocycles. The monoisotopic (exact) mass is 471 g/mol. The number of rotatable bonds is 7. The summed E-state index contributed by atoms with van der Waals surface area (Å²) in [5.74, 6) is -0.947. The van der Waals surface area contributed by atoms with Crippen LogP contribution >= 0.6 is 11.6 Å². The van der Waals surface area contributed by atoms with E-state index in [4.69, 9.17) is 11.6 Å². The van der Waals surface area contributed by atoms with Crippen LogP contribution in [0.5, 0.6) is 0 Å². The quantitative estimate of drug-likeness (QED) is 0.568. The van der Waals surface area contributed by atoms with Crippen molar-refractivity contribution in [1.29, 1.82) is 0 Å². The maximum Gasteiger partial charge on any atom is 0.274 e. The fourth-order valence-corrected chi connectivity index (χ4v) is 6.38. The third-order valence-electron chi connectivity index (χ3n) is 4.78. The minimum absolute atomic E-state index is 0.0100. The highest BCUT2D eigenvalue weighted by Gasteiger charge is 2.36. The van der Waals surface area contributed by atoms with E-state index in [1.165, 1.54) is 4.90 Å². The number of sulfone groups is 2. The molecule has 2 aromatic rings. The number of hydrogen-bond acceptors (Lipinski definition) is 7. The average Bonchev–Trinajstić information content (AvgIpc) is 3.06. The average molecular weight is 472 g/mol. The second-order valence-electron chi connectivity index (χ2n) is 7.14. The lowest BCUT2D eigenvalue weighted by molar-refractivity contribution is 0.0674. The Kier molecular flexibility index (Phi) is 6.78. The van der Waals surface area contributed by atoms with Gasteiger partial charge in [-0.25, -0.2) is 26.8 Å². The molecule has 1 saturated heterocycles. The van der Waals surface area contributed by atoms with Gasteiger partial charge in [-0.05, 0) is 18.4 Å². The van der Waals surface area contributed by atoms with Crippen molar-refractivity contribution < 1.29 is 21.6 Å². The highest BCUT2D eigenvalue weighted by molar-refractivity contribution is 7.91. The summed E-state index contributed by atoms with van der Waals surface area (Å²) in [7, 11) is -7.01. The van der Waals surface area contributed by atoms with Gasteiger partial charge in [-0.2, -0.15) is 0 Å². The van der Waals surface area contributed by atoms with Gasteiger partial charge in [0.2, 0.25) is 15.0 Å². The van der Waals surface area contributed by atoms with Crippen molar-refractivity contribution in [2.45, 2.75) is 37.5 Å². The molecule has 0 radical (unpaired) electrons. The second kappa shape index (κ2) is 8.99. The summed E-state index contributed by atoms with van der Waals surface area (Å²) in [6.07, 6.45) is 1.76. The first kappa shape index (κ1) is 22.6. The van der Waals surface area contributed by atoms with Gasteiger partial charge < -0.3 is 4.90 Å². The number of nitrogens with zero attached hydrogens (tertiary/aromatic N) is 3. The van der Waals surface area contributed by atoms with Crippen LogP contribution in [0, 0.1) is 0 Å². The van der Waals surface area contributed by atoms with Crippen LogP contribution in [-0.2, 0) is 26.2 Å². The SMILES string of the molecule is CCCS(=O)(=O)c1ncc(Cl)c(C(=O)N(Cc2ccccc2)[C@@H]2CCS(=O)(=O)C2)n1. The molecule has 0 aliphatic carbocycles. The molecule has 0 unspecified atom stereocenters. The summed E-state index contributed by atoms with van der Waals surface area (Å²) < 4.78 is 48.7. The van der Waals surface area contributed by atoms with Crippen LogP contribution in [0.3, 0.4) is 0 Å². The van der Waals surface area contributed by atoms with E-state index in [-0.39, 0.29) is 34.5 Å². The van der Waals surface area contributed by atoms with Gasteiger partial charge in [0.1, 0.15) is 0 Å². The van der Waals surface area contributed by atoms with Gasteiger partial charge in [-0.3, -0.25) is 4.79 Å². The van der Waals surface area contributed by atoms with Crippen molar-refractivity contribution >= 4 is 37.2 Å². The van der Waals surface area contributed by atoms with Crippen molar-refractivity contribution in [2.75, 3.05) is 17.3 Å². The van der Waals surface area contributed by atoms with Gasteiger partial charge in [0, 0.05) is 12.6 Å². The van der Waals surface area contributed by atoms with E-state index < -0.39 is 36.8 Å². The highest BCUT2D eigenvalue weighted by atomic mass is 35.5. The molecule has 0 spiro atoms. The minimum Gasteiger partial charge on any atom is -0.329 e. The standard InChI is InChI=1S/C19H22ClN3O5S2/c1-2-9-30(27,28)19-21-11-16(20)17(22-19)18(24)23(12-14-6-4-3-5-7-14)15-8-10-29(25,26)13-15/h3-7,11,15H,2,8-10,12-13H2,1H3/t15-/m1/s1. The Morgan fingerprint density at radius 3 is 2.57 bits per heavy atom. The Labute approximate surface area is 181 Å². The molecule has 1 aliphatic rings. The topological polar surface area (TPSA) is 114 Å². The summed E-state index contributed by atoms with van der Waals surface area (Å²) in [6, 6.07) is 8.56. The molecule has 2 heterocycles. The lowest BCUT2D eigenvalue weighted by atomic mass is 10.1. The number of carbonyl (C=O) groups excluding carboxylic acids is 1. The van der Waals surface area contributed by atoms with Gasteiger partial charge in [0.05, 0.1) is 28.5 Å². The lowest BCUT2D eigenvalue weighted by Crippen LogP contribution is -2.41. The number of benzene rings is 1. The first-order valence-corrected chi connectivity index (χ1v) is 13.3. The summed E-state index contributed by atoms with van der Waals surface area (Å²) >= 11 is 6.14. The minimum atomic E-state index is -3.75. The van der Waals surface area contributed by atoms with Gasteiger partial charge in [-0.15, -0.1) is 0 Å². The second-order valence-corrected chi connectivity index (χ2v) is 11.8. The molecular weight excluding hydrogens is 450 g/mol. The van der Waals surface area contributed by atoms with Crippen molar-refractivity contribution in [1.82, 2.24) is 14.9 Å². The van der Waals surface area contributed by atoms with E-state index in [2.05, 4.69) is 9.97 Å². The molecule has 1 aliphatic heterocycles. The van der Waals surface area contributed by atoms with Crippen molar-refractivity contribution in [2.24, 2.45) is 0 Å². The molecule has 1 fully saturated rings. The number of halogens is 1. The van der Waals surface area contributed by atoms with E-state index in [0.717, 1.165) is 11.8 Å². The van der Waals surface area contributed by atoms with Crippen LogP contribution in [0.25, 0.3) is 0 Å². The van der Waals surface area contributed by atoms with E-state index in [1.54, 1.807) is 6.92 Å². The van der Waals surface area contributed by atoms with Crippen molar-refractivity contribution in [3.05, 3.63) is 52.8 Å². The number of carbonyl (C=O) groups is 1. The number of amides is 1. The van der Waals surface area contributed by atoms with Crippen LogP contribution in [-0.4, -0.2) is 60.9 Å². The van der Waals surface area contributed by atoms with Crippen molar-refractivity contribution in [3.63, 3.8) is 0 Å². The summed E-state index contributed by atoms with van der Waals surface area (Å²) in [6.45, 7) is 1.86.